The number of esters is 1. The van der Waals surface area contributed by atoms with Crippen LogP contribution in [0.25, 0.3) is 0 Å². The number of rotatable bonds is 3. The highest BCUT2D eigenvalue weighted by molar-refractivity contribution is 7.98. The second-order valence-corrected chi connectivity index (χ2v) is 3.48. The number of methoxy groups -OCH3 is 1. The van der Waals surface area contributed by atoms with Crippen molar-refractivity contribution in [1.82, 2.24) is 0 Å². The molecule has 0 N–H and O–H groups in total. The van der Waals surface area contributed by atoms with Gasteiger partial charge in [0.05, 0.1) is 13.5 Å². The summed E-state index contributed by atoms with van der Waals surface area (Å²) in [6, 6.07) is 7.90. The van der Waals surface area contributed by atoms with Gasteiger partial charge in [0.15, 0.2) is 0 Å². The molecule has 0 bridgehead atoms. The van der Waals surface area contributed by atoms with E-state index in [4.69, 9.17) is 0 Å². The summed E-state index contributed by atoms with van der Waals surface area (Å²) in [5, 5.41) is 0. The van der Waals surface area contributed by atoms with E-state index >= 15 is 0 Å². The lowest BCUT2D eigenvalue weighted by Crippen LogP contribution is -2.03. The molecule has 0 atom stereocenters. The molecule has 0 aliphatic rings. The van der Waals surface area contributed by atoms with Crippen LogP contribution in [0.15, 0.2) is 29.2 Å². The SMILES string of the molecule is CC.COC(=O)Cc1ccc(SC)cc1. The molecule has 0 saturated heterocycles. The van der Waals surface area contributed by atoms with Crippen LogP contribution < -0.4 is 0 Å². The normalized spacial score (nSPS) is 8.80. The first kappa shape index (κ1) is 14.0. The van der Waals surface area contributed by atoms with Gasteiger partial charge in [-0.25, -0.2) is 0 Å². The van der Waals surface area contributed by atoms with Crippen LogP contribution in [0.4, 0.5) is 0 Å². The Balaban J connectivity index is 0.000000921. The highest BCUT2D eigenvalue weighted by Gasteiger charge is 2.01. The number of carbonyl (C=O) groups is 1. The van der Waals surface area contributed by atoms with E-state index in [9.17, 15) is 4.79 Å². The van der Waals surface area contributed by atoms with Gasteiger partial charge in [-0.2, -0.15) is 0 Å². The van der Waals surface area contributed by atoms with Crippen LogP contribution in [0.3, 0.4) is 0 Å². The Morgan fingerprint density at radius 3 is 2.20 bits per heavy atom. The number of benzene rings is 1. The van der Waals surface area contributed by atoms with E-state index in [0.29, 0.717) is 6.42 Å². The first-order valence-electron chi connectivity index (χ1n) is 4.96. The van der Waals surface area contributed by atoms with E-state index < -0.39 is 0 Å². The minimum absolute atomic E-state index is 0.197. The van der Waals surface area contributed by atoms with Gasteiger partial charge >= 0.3 is 5.97 Å². The van der Waals surface area contributed by atoms with Crippen LogP contribution in [-0.4, -0.2) is 19.3 Å². The average molecular weight is 226 g/mol. The van der Waals surface area contributed by atoms with Gasteiger partial charge in [0.1, 0.15) is 0 Å². The molecule has 3 heteroatoms. The Hall–Kier alpha value is -0.960. The molecule has 0 spiro atoms. The third-order valence-corrected chi connectivity index (χ3v) is 2.48. The summed E-state index contributed by atoms with van der Waals surface area (Å²) in [7, 11) is 1.40. The fourth-order valence-electron chi connectivity index (χ4n) is 0.982. The molecular formula is C12H18O2S. The van der Waals surface area contributed by atoms with Gasteiger partial charge in [-0.3, -0.25) is 4.79 Å². The minimum Gasteiger partial charge on any atom is -0.469 e. The predicted molar refractivity (Wildman–Crippen MR) is 65.3 cm³/mol. The molecule has 0 unspecified atom stereocenters. The van der Waals surface area contributed by atoms with Gasteiger partial charge in [-0.15, -0.1) is 11.8 Å². The second kappa shape index (κ2) is 8.36. The monoisotopic (exact) mass is 226 g/mol. The quantitative estimate of drug-likeness (QED) is 0.585. The van der Waals surface area contributed by atoms with Crippen LogP contribution in [0.1, 0.15) is 19.4 Å². The summed E-state index contributed by atoms with van der Waals surface area (Å²) in [6.07, 6.45) is 2.38. The number of hydrogen-bond donors (Lipinski definition) is 0. The highest BCUT2D eigenvalue weighted by atomic mass is 32.2. The minimum atomic E-state index is -0.197. The van der Waals surface area contributed by atoms with Crippen LogP contribution in [0.2, 0.25) is 0 Å². The van der Waals surface area contributed by atoms with E-state index in [1.807, 2.05) is 44.4 Å². The molecule has 0 aliphatic heterocycles. The van der Waals surface area contributed by atoms with E-state index in [1.165, 1.54) is 12.0 Å². The molecule has 1 rings (SSSR count). The van der Waals surface area contributed by atoms with Crippen molar-refractivity contribution in [3.8, 4) is 0 Å². The molecule has 0 amide bonds. The Kier molecular flexibility index (Phi) is 7.82. The zero-order valence-corrected chi connectivity index (χ0v) is 10.6. The Morgan fingerprint density at radius 2 is 1.80 bits per heavy atom. The molecule has 0 saturated carbocycles. The number of thioether (sulfide) groups is 1. The molecule has 2 nitrogen and oxygen atoms in total. The van der Waals surface area contributed by atoms with Crippen molar-refractivity contribution in [1.29, 1.82) is 0 Å². The number of hydrogen-bond acceptors (Lipinski definition) is 3. The maximum absolute atomic E-state index is 10.9. The fourth-order valence-corrected chi connectivity index (χ4v) is 1.39. The molecule has 0 aliphatic carbocycles. The van der Waals surface area contributed by atoms with Crippen molar-refractivity contribution in [2.24, 2.45) is 0 Å². The topological polar surface area (TPSA) is 26.3 Å². The van der Waals surface area contributed by atoms with E-state index in [2.05, 4.69) is 4.74 Å². The maximum Gasteiger partial charge on any atom is 0.309 e. The Labute approximate surface area is 96.0 Å². The second-order valence-electron chi connectivity index (χ2n) is 2.60. The average Bonchev–Trinajstić information content (AvgIpc) is 2.32. The zero-order valence-electron chi connectivity index (χ0n) is 9.74. The van der Waals surface area contributed by atoms with Gasteiger partial charge in [-0.05, 0) is 24.0 Å². The van der Waals surface area contributed by atoms with Gasteiger partial charge in [0.25, 0.3) is 0 Å². The molecule has 0 aromatic heterocycles. The predicted octanol–water partition coefficient (Wildman–Crippen LogP) is 3.15. The molecule has 84 valence electrons. The van der Waals surface area contributed by atoms with Crippen LogP contribution in [0, 0.1) is 0 Å². The van der Waals surface area contributed by atoms with E-state index in [0.717, 1.165) is 5.56 Å². The van der Waals surface area contributed by atoms with Crippen LogP contribution >= 0.6 is 11.8 Å². The summed E-state index contributed by atoms with van der Waals surface area (Å²) < 4.78 is 4.57. The van der Waals surface area contributed by atoms with Gasteiger partial charge < -0.3 is 4.74 Å². The standard InChI is InChI=1S/C10H12O2S.C2H6/c1-12-10(11)7-8-3-5-9(13-2)6-4-8;1-2/h3-6H,7H2,1-2H3;1-2H3. The molecule has 0 radical (unpaired) electrons. The summed E-state index contributed by atoms with van der Waals surface area (Å²) in [6.45, 7) is 4.00. The first-order chi connectivity index (χ1) is 7.26. The van der Waals surface area contributed by atoms with Gasteiger partial charge in [0.2, 0.25) is 0 Å². The van der Waals surface area contributed by atoms with Gasteiger partial charge in [0, 0.05) is 4.90 Å². The van der Waals surface area contributed by atoms with E-state index in [1.54, 1.807) is 11.8 Å². The largest absolute Gasteiger partial charge is 0.469 e. The van der Waals surface area contributed by atoms with Crippen molar-refractivity contribution >= 4 is 17.7 Å². The van der Waals surface area contributed by atoms with Gasteiger partial charge in [-0.1, -0.05) is 26.0 Å². The summed E-state index contributed by atoms with van der Waals surface area (Å²) in [5.74, 6) is -0.197. The molecule has 1 aromatic rings. The van der Waals surface area contributed by atoms with Crippen LogP contribution in [-0.2, 0) is 16.0 Å². The third kappa shape index (κ3) is 5.47. The molecule has 0 fully saturated rings. The molecule has 0 heterocycles. The lowest BCUT2D eigenvalue weighted by molar-refractivity contribution is -0.139. The van der Waals surface area contributed by atoms with Crippen molar-refractivity contribution in [3.05, 3.63) is 29.8 Å². The molecule has 1 aromatic carbocycles. The summed E-state index contributed by atoms with van der Waals surface area (Å²) in [4.78, 5) is 12.1. The summed E-state index contributed by atoms with van der Waals surface area (Å²) in [5.41, 5.74) is 0.990. The molecular weight excluding hydrogens is 208 g/mol. The number of ether oxygens (including phenoxy) is 1. The number of carbonyl (C=O) groups excluding carboxylic acids is 1. The maximum atomic E-state index is 10.9. The highest BCUT2D eigenvalue weighted by Crippen LogP contribution is 2.15. The van der Waals surface area contributed by atoms with E-state index in [-0.39, 0.29) is 5.97 Å². The van der Waals surface area contributed by atoms with Crippen molar-refractivity contribution in [2.75, 3.05) is 13.4 Å². The third-order valence-electron chi connectivity index (χ3n) is 1.74. The summed E-state index contributed by atoms with van der Waals surface area (Å²) >= 11 is 1.69. The first-order valence-corrected chi connectivity index (χ1v) is 6.18. The zero-order chi connectivity index (χ0) is 11.7. The molecule has 15 heavy (non-hydrogen) atoms. The lowest BCUT2D eigenvalue weighted by Gasteiger charge is -2.00. The Bertz CT molecular complexity index is 280. The van der Waals surface area contributed by atoms with Crippen molar-refractivity contribution < 1.29 is 9.53 Å². The van der Waals surface area contributed by atoms with Crippen molar-refractivity contribution in [2.45, 2.75) is 25.2 Å². The Morgan fingerprint density at radius 1 is 1.27 bits per heavy atom. The van der Waals surface area contributed by atoms with Crippen molar-refractivity contribution in [3.63, 3.8) is 0 Å². The fraction of sp³-hybridized carbons (Fsp3) is 0.417. The van der Waals surface area contributed by atoms with Crippen LogP contribution in [0.5, 0.6) is 0 Å². The lowest BCUT2D eigenvalue weighted by atomic mass is 10.2. The smallest absolute Gasteiger partial charge is 0.309 e.